The second-order valence-electron chi connectivity index (χ2n) is 5.07. The molecule has 0 saturated carbocycles. The molecule has 0 spiro atoms. The highest BCUT2D eigenvalue weighted by Crippen LogP contribution is 2.21. The maximum Gasteiger partial charge on any atom is 0.161 e. The summed E-state index contributed by atoms with van der Waals surface area (Å²) in [6, 6.07) is 10.5. The van der Waals surface area contributed by atoms with Gasteiger partial charge in [-0.3, -0.25) is 0 Å². The second-order valence-corrected chi connectivity index (χ2v) is 5.07. The summed E-state index contributed by atoms with van der Waals surface area (Å²) in [5.74, 6) is -3.14. The second kappa shape index (κ2) is 6.28. The third-order valence-corrected chi connectivity index (χ3v) is 3.49. The molecule has 2 nitrogen and oxygen atoms in total. The number of aliphatic hydroxyl groups excluding tert-OH is 1. The van der Waals surface area contributed by atoms with Crippen LogP contribution in [-0.4, -0.2) is 11.7 Å². The van der Waals surface area contributed by atoms with Crippen molar-refractivity contribution in [1.82, 2.24) is 5.32 Å². The lowest BCUT2D eigenvalue weighted by Crippen LogP contribution is -2.42. The van der Waals surface area contributed by atoms with E-state index in [1.165, 1.54) is 0 Å². The molecule has 1 atom stereocenters. The van der Waals surface area contributed by atoms with E-state index in [9.17, 15) is 18.3 Å². The molecule has 0 bridgehead atoms. The average Bonchev–Trinajstić information content (AvgIpc) is 2.50. The van der Waals surface area contributed by atoms with Crippen molar-refractivity contribution in [2.45, 2.75) is 19.0 Å². The normalized spacial score (nSPS) is 14.0. The lowest BCUT2D eigenvalue weighted by Gasteiger charge is -2.29. The van der Waals surface area contributed by atoms with Gasteiger partial charge in [0.15, 0.2) is 11.6 Å². The fourth-order valence-electron chi connectivity index (χ4n) is 2.04. The molecule has 112 valence electrons. The van der Waals surface area contributed by atoms with Crippen LogP contribution in [-0.2, 0) is 12.1 Å². The van der Waals surface area contributed by atoms with Crippen molar-refractivity contribution in [2.24, 2.45) is 0 Å². The number of rotatable bonds is 5. The maximum absolute atomic E-state index is 13.6. The molecule has 0 aliphatic carbocycles. The van der Waals surface area contributed by atoms with Gasteiger partial charge < -0.3 is 10.4 Å². The van der Waals surface area contributed by atoms with E-state index in [0.29, 0.717) is 6.07 Å². The van der Waals surface area contributed by atoms with Gasteiger partial charge >= 0.3 is 0 Å². The predicted octanol–water partition coefficient (Wildman–Crippen LogP) is 3.10. The van der Waals surface area contributed by atoms with Gasteiger partial charge in [0.25, 0.3) is 0 Å². The predicted molar refractivity (Wildman–Crippen MR) is 74.0 cm³/mol. The van der Waals surface area contributed by atoms with Crippen LogP contribution in [0.4, 0.5) is 13.2 Å². The van der Waals surface area contributed by atoms with E-state index in [2.05, 4.69) is 5.32 Å². The van der Waals surface area contributed by atoms with Crippen molar-refractivity contribution < 1.29 is 18.3 Å². The number of aliphatic hydroxyl groups is 1. The molecule has 0 heterocycles. The van der Waals surface area contributed by atoms with Crippen LogP contribution < -0.4 is 5.32 Å². The molecule has 0 radical (unpaired) electrons. The van der Waals surface area contributed by atoms with Crippen LogP contribution in [0.1, 0.15) is 18.1 Å². The number of hydrogen-bond donors (Lipinski definition) is 2. The summed E-state index contributed by atoms with van der Waals surface area (Å²) in [7, 11) is 0. The highest BCUT2D eigenvalue weighted by molar-refractivity contribution is 5.25. The standard InChI is InChI=1S/C16H16F3NO/c1-16(10-21,12-5-3-2-4-6-12)20-9-11-7-14(18)15(19)8-13(11)17/h2-8,20-21H,9-10H2,1H3. The molecule has 0 aliphatic heterocycles. The first-order valence-corrected chi connectivity index (χ1v) is 6.51. The third kappa shape index (κ3) is 3.43. The van der Waals surface area contributed by atoms with Crippen LogP contribution in [0.3, 0.4) is 0 Å². The van der Waals surface area contributed by atoms with E-state index in [-0.39, 0.29) is 18.7 Å². The van der Waals surface area contributed by atoms with E-state index in [1.54, 1.807) is 6.92 Å². The van der Waals surface area contributed by atoms with Crippen LogP contribution in [0.2, 0.25) is 0 Å². The topological polar surface area (TPSA) is 32.3 Å². The van der Waals surface area contributed by atoms with E-state index in [4.69, 9.17) is 0 Å². The number of nitrogens with one attached hydrogen (secondary N) is 1. The highest BCUT2D eigenvalue weighted by atomic mass is 19.2. The number of halogens is 3. The molecule has 5 heteroatoms. The Morgan fingerprint density at radius 2 is 1.62 bits per heavy atom. The van der Waals surface area contributed by atoms with Gasteiger partial charge in [-0.1, -0.05) is 30.3 Å². The Labute approximate surface area is 121 Å². The molecular weight excluding hydrogens is 279 g/mol. The Bertz CT molecular complexity index is 618. The van der Waals surface area contributed by atoms with Gasteiger partial charge in [-0.05, 0) is 18.6 Å². The molecule has 2 N–H and O–H groups in total. The van der Waals surface area contributed by atoms with Crippen LogP contribution in [0.25, 0.3) is 0 Å². The zero-order valence-electron chi connectivity index (χ0n) is 11.5. The third-order valence-electron chi connectivity index (χ3n) is 3.49. The van der Waals surface area contributed by atoms with Gasteiger partial charge in [0.1, 0.15) is 5.82 Å². The summed E-state index contributed by atoms with van der Waals surface area (Å²) in [6.45, 7) is 1.50. The molecule has 21 heavy (non-hydrogen) atoms. The molecule has 0 fully saturated rings. The van der Waals surface area contributed by atoms with Gasteiger partial charge in [0, 0.05) is 18.2 Å². The Morgan fingerprint density at radius 1 is 1.00 bits per heavy atom. The van der Waals surface area contributed by atoms with Crippen molar-refractivity contribution in [3.8, 4) is 0 Å². The number of benzene rings is 2. The van der Waals surface area contributed by atoms with Crippen LogP contribution in [0.15, 0.2) is 42.5 Å². The van der Waals surface area contributed by atoms with Crippen molar-refractivity contribution in [2.75, 3.05) is 6.61 Å². The Balaban J connectivity index is 2.19. The first-order chi connectivity index (χ1) is 9.96. The quantitative estimate of drug-likeness (QED) is 0.831. The fraction of sp³-hybridized carbons (Fsp3) is 0.250. The van der Waals surface area contributed by atoms with Crippen LogP contribution in [0.5, 0.6) is 0 Å². The zero-order valence-corrected chi connectivity index (χ0v) is 11.5. The van der Waals surface area contributed by atoms with Crippen molar-refractivity contribution >= 4 is 0 Å². The Hall–Kier alpha value is -1.85. The molecule has 2 rings (SSSR count). The minimum Gasteiger partial charge on any atom is -0.394 e. The van der Waals surface area contributed by atoms with E-state index in [0.717, 1.165) is 11.6 Å². The summed E-state index contributed by atoms with van der Waals surface area (Å²) >= 11 is 0. The van der Waals surface area contributed by atoms with Gasteiger partial charge in [-0.25, -0.2) is 13.2 Å². The number of hydrogen-bond acceptors (Lipinski definition) is 2. The monoisotopic (exact) mass is 295 g/mol. The highest BCUT2D eigenvalue weighted by Gasteiger charge is 2.25. The lowest BCUT2D eigenvalue weighted by atomic mass is 9.92. The van der Waals surface area contributed by atoms with Crippen molar-refractivity contribution in [3.05, 3.63) is 71.0 Å². The van der Waals surface area contributed by atoms with Gasteiger partial charge in [-0.2, -0.15) is 0 Å². The van der Waals surface area contributed by atoms with Crippen LogP contribution in [0, 0.1) is 17.5 Å². The molecular formula is C16H16F3NO. The average molecular weight is 295 g/mol. The van der Waals surface area contributed by atoms with Gasteiger partial charge in [-0.15, -0.1) is 0 Å². The van der Waals surface area contributed by atoms with Crippen LogP contribution >= 0.6 is 0 Å². The summed E-state index contributed by atoms with van der Waals surface area (Å²) in [6.07, 6.45) is 0. The smallest absolute Gasteiger partial charge is 0.161 e. The Kier molecular flexibility index (Phi) is 4.65. The summed E-state index contributed by atoms with van der Waals surface area (Å²) in [5, 5.41) is 12.6. The lowest BCUT2D eigenvalue weighted by molar-refractivity contribution is 0.173. The largest absolute Gasteiger partial charge is 0.394 e. The molecule has 0 saturated heterocycles. The molecule has 2 aromatic rings. The fourth-order valence-corrected chi connectivity index (χ4v) is 2.04. The summed E-state index contributed by atoms with van der Waals surface area (Å²) in [4.78, 5) is 0. The van der Waals surface area contributed by atoms with E-state index < -0.39 is 23.0 Å². The van der Waals surface area contributed by atoms with Crippen molar-refractivity contribution in [1.29, 1.82) is 0 Å². The molecule has 0 amide bonds. The molecule has 0 aromatic heterocycles. The van der Waals surface area contributed by atoms with E-state index >= 15 is 0 Å². The van der Waals surface area contributed by atoms with E-state index in [1.807, 2.05) is 30.3 Å². The Morgan fingerprint density at radius 3 is 2.24 bits per heavy atom. The van der Waals surface area contributed by atoms with Gasteiger partial charge in [0.2, 0.25) is 0 Å². The minimum atomic E-state index is -1.22. The summed E-state index contributed by atoms with van der Waals surface area (Å²) in [5.41, 5.74) is 0.0125. The molecule has 2 aromatic carbocycles. The maximum atomic E-state index is 13.6. The first kappa shape index (κ1) is 15.5. The summed E-state index contributed by atoms with van der Waals surface area (Å²) < 4.78 is 39.7. The molecule has 1 unspecified atom stereocenters. The van der Waals surface area contributed by atoms with Gasteiger partial charge in [0.05, 0.1) is 12.1 Å². The molecule has 0 aliphatic rings. The SMILES string of the molecule is CC(CO)(NCc1cc(F)c(F)cc1F)c1ccccc1. The minimum absolute atomic E-state index is 0.00417. The zero-order chi connectivity index (χ0) is 15.5. The first-order valence-electron chi connectivity index (χ1n) is 6.51. The van der Waals surface area contributed by atoms with Crippen molar-refractivity contribution in [3.63, 3.8) is 0 Å².